The Morgan fingerprint density at radius 3 is 2.52 bits per heavy atom. The lowest BCUT2D eigenvalue weighted by Crippen LogP contribution is -2.46. The first-order chi connectivity index (χ1) is 10.2. The molecular weight excluding hydrogens is 272 g/mol. The molecular formula is C18H20N2Si. The quantitative estimate of drug-likeness (QED) is 0.660. The molecule has 0 radical (unpaired) electrons. The van der Waals surface area contributed by atoms with Gasteiger partial charge >= 0.3 is 0 Å². The van der Waals surface area contributed by atoms with E-state index in [9.17, 15) is 0 Å². The zero-order chi connectivity index (χ0) is 14.4. The van der Waals surface area contributed by atoms with Crippen LogP contribution in [0.1, 0.15) is 5.82 Å². The fraction of sp³-hybridized carbons (Fsp3) is 0.278. The Balaban J connectivity index is 1.70. The molecule has 0 aliphatic carbocycles. The van der Waals surface area contributed by atoms with E-state index >= 15 is 0 Å². The van der Waals surface area contributed by atoms with Crippen LogP contribution in [0.25, 0.3) is 11.0 Å². The third-order valence-electron chi connectivity index (χ3n) is 5.10. The van der Waals surface area contributed by atoms with Gasteiger partial charge in [0.25, 0.3) is 0 Å². The minimum absolute atomic E-state index is 0.743. The van der Waals surface area contributed by atoms with E-state index in [0.29, 0.717) is 0 Å². The van der Waals surface area contributed by atoms with Crippen molar-refractivity contribution in [3.8, 4) is 0 Å². The number of nitrogens with zero attached hydrogens (tertiary/aromatic N) is 2. The van der Waals surface area contributed by atoms with Gasteiger partial charge in [-0.25, -0.2) is 4.98 Å². The molecule has 1 aliphatic rings. The number of fused-ring (bicyclic) bond motifs is 3. The maximum absolute atomic E-state index is 4.84. The fourth-order valence-corrected chi connectivity index (χ4v) is 6.43. The molecule has 21 heavy (non-hydrogen) atoms. The van der Waals surface area contributed by atoms with Gasteiger partial charge in [0, 0.05) is 13.0 Å². The zero-order valence-corrected chi connectivity index (χ0v) is 13.6. The standard InChI is InChI=1S/C18H20N2Si/c1-21(2,14-8-4-3-5-9-14)15-12-18-19-16-10-6-7-11-17(16)20(18)13-15/h3-11,15H,12-13H2,1-2H3. The molecule has 3 heteroatoms. The second-order valence-corrected chi connectivity index (χ2v) is 11.5. The van der Waals surface area contributed by atoms with Crippen molar-refractivity contribution in [1.82, 2.24) is 9.55 Å². The number of hydrogen-bond donors (Lipinski definition) is 0. The topological polar surface area (TPSA) is 17.8 Å². The molecule has 1 unspecified atom stereocenters. The summed E-state index contributed by atoms with van der Waals surface area (Å²) in [7, 11) is -1.46. The average Bonchev–Trinajstić information content (AvgIpc) is 3.06. The van der Waals surface area contributed by atoms with Gasteiger partial charge in [0.2, 0.25) is 0 Å². The Morgan fingerprint density at radius 2 is 1.71 bits per heavy atom. The van der Waals surface area contributed by atoms with Crippen LogP contribution in [0.4, 0.5) is 0 Å². The summed E-state index contributed by atoms with van der Waals surface area (Å²) in [6.07, 6.45) is 1.13. The Morgan fingerprint density at radius 1 is 1.00 bits per heavy atom. The first kappa shape index (κ1) is 12.8. The molecule has 0 saturated carbocycles. The molecule has 4 rings (SSSR count). The van der Waals surface area contributed by atoms with Crippen molar-refractivity contribution >= 4 is 24.3 Å². The molecule has 1 aliphatic heterocycles. The Labute approximate surface area is 126 Å². The van der Waals surface area contributed by atoms with Gasteiger partial charge in [-0.05, 0) is 17.7 Å². The Bertz CT molecular complexity index is 789. The normalized spacial score (nSPS) is 18.1. The highest BCUT2D eigenvalue weighted by atomic mass is 28.3. The summed E-state index contributed by atoms with van der Waals surface area (Å²) in [5, 5.41) is 1.56. The molecule has 0 fully saturated rings. The summed E-state index contributed by atoms with van der Waals surface area (Å²) >= 11 is 0. The van der Waals surface area contributed by atoms with Crippen LogP contribution < -0.4 is 5.19 Å². The molecule has 0 amide bonds. The maximum Gasteiger partial charge on any atom is 0.109 e. The van der Waals surface area contributed by atoms with Gasteiger partial charge in [-0.1, -0.05) is 60.7 Å². The van der Waals surface area contributed by atoms with Crippen molar-refractivity contribution < 1.29 is 0 Å². The van der Waals surface area contributed by atoms with Crippen LogP contribution in [0, 0.1) is 0 Å². The second kappa shape index (κ2) is 4.57. The van der Waals surface area contributed by atoms with E-state index < -0.39 is 8.07 Å². The minimum atomic E-state index is -1.46. The van der Waals surface area contributed by atoms with Crippen LogP contribution in [-0.2, 0) is 13.0 Å². The fourth-order valence-electron chi connectivity index (χ4n) is 3.58. The van der Waals surface area contributed by atoms with Crippen LogP contribution in [0.3, 0.4) is 0 Å². The lowest BCUT2D eigenvalue weighted by atomic mass is 10.3. The molecule has 0 N–H and O–H groups in total. The maximum atomic E-state index is 4.84. The smallest absolute Gasteiger partial charge is 0.109 e. The van der Waals surface area contributed by atoms with Gasteiger partial charge in [-0.3, -0.25) is 0 Å². The molecule has 3 aromatic rings. The van der Waals surface area contributed by atoms with Crippen molar-refractivity contribution in [2.24, 2.45) is 0 Å². The van der Waals surface area contributed by atoms with E-state index in [-0.39, 0.29) is 0 Å². The summed E-state index contributed by atoms with van der Waals surface area (Å²) in [5.74, 6) is 1.28. The summed E-state index contributed by atoms with van der Waals surface area (Å²) in [6, 6.07) is 19.6. The van der Waals surface area contributed by atoms with Gasteiger partial charge in [-0.2, -0.15) is 0 Å². The molecule has 1 atom stereocenters. The predicted octanol–water partition coefficient (Wildman–Crippen LogP) is 3.58. The minimum Gasteiger partial charge on any atom is -0.328 e. The van der Waals surface area contributed by atoms with Crippen LogP contribution in [-0.4, -0.2) is 17.6 Å². The lowest BCUT2D eigenvalue weighted by molar-refractivity contribution is 0.750. The third-order valence-corrected chi connectivity index (χ3v) is 9.35. The van der Waals surface area contributed by atoms with Crippen LogP contribution in [0.15, 0.2) is 54.6 Å². The molecule has 0 bridgehead atoms. The van der Waals surface area contributed by atoms with Crippen LogP contribution >= 0.6 is 0 Å². The molecule has 2 heterocycles. The van der Waals surface area contributed by atoms with E-state index in [0.717, 1.165) is 24.0 Å². The van der Waals surface area contributed by atoms with Crippen molar-refractivity contribution in [3.63, 3.8) is 0 Å². The monoisotopic (exact) mass is 292 g/mol. The van der Waals surface area contributed by atoms with E-state index in [2.05, 4.69) is 72.3 Å². The molecule has 2 nitrogen and oxygen atoms in total. The largest absolute Gasteiger partial charge is 0.328 e. The van der Waals surface area contributed by atoms with Crippen molar-refractivity contribution in [2.75, 3.05) is 0 Å². The highest BCUT2D eigenvalue weighted by Gasteiger charge is 2.38. The van der Waals surface area contributed by atoms with Gasteiger partial charge < -0.3 is 4.57 Å². The highest BCUT2D eigenvalue weighted by molar-refractivity contribution is 6.91. The van der Waals surface area contributed by atoms with E-state index in [1.807, 2.05) is 0 Å². The van der Waals surface area contributed by atoms with Crippen molar-refractivity contribution in [3.05, 3.63) is 60.4 Å². The number of rotatable bonds is 2. The van der Waals surface area contributed by atoms with Crippen molar-refractivity contribution in [2.45, 2.75) is 31.6 Å². The number of hydrogen-bond acceptors (Lipinski definition) is 1. The van der Waals surface area contributed by atoms with Gasteiger partial charge in [0.15, 0.2) is 0 Å². The van der Waals surface area contributed by atoms with E-state index in [1.54, 1.807) is 5.19 Å². The number of para-hydroxylation sites is 2. The highest BCUT2D eigenvalue weighted by Crippen LogP contribution is 2.35. The third kappa shape index (κ3) is 1.95. The SMILES string of the molecule is C[Si](C)(c1ccccc1)C1Cc2nc3ccccc3n2C1. The summed E-state index contributed by atoms with van der Waals surface area (Å²) in [4.78, 5) is 4.84. The summed E-state index contributed by atoms with van der Waals surface area (Å²) in [5.41, 5.74) is 3.19. The molecule has 0 spiro atoms. The van der Waals surface area contributed by atoms with Gasteiger partial charge in [0.1, 0.15) is 5.82 Å². The Kier molecular flexibility index (Phi) is 2.79. The molecule has 106 valence electrons. The van der Waals surface area contributed by atoms with Crippen LogP contribution in [0.5, 0.6) is 0 Å². The second-order valence-electron chi connectivity index (χ2n) is 6.62. The summed E-state index contributed by atoms with van der Waals surface area (Å²) < 4.78 is 2.44. The molecule has 0 saturated heterocycles. The number of aromatic nitrogens is 2. The molecule has 2 aromatic carbocycles. The van der Waals surface area contributed by atoms with E-state index in [1.165, 1.54) is 11.3 Å². The first-order valence-corrected chi connectivity index (χ1v) is 10.7. The first-order valence-electron chi connectivity index (χ1n) is 7.66. The van der Waals surface area contributed by atoms with Crippen molar-refractivity contribution in [1.29, 1.82) is 0 Å². The number of imidazole rings is 1. The predicted molar refractivity (Wildman–Crippen MR) is 90.7 cm³/mol. The average molecular weight is 292 g/mol. The summed E-state index contributed by atoms with van der Waals surface area (Å²) in [6.45, 7) is 6.13. The number of benzene rings is 2. The molecule has 1 aromatic heterocycles. The Hall–Kier alpha value is -1.87. The lowest BCUT2D eigenvalue weighted by Gasteiger charge is -2.29. The van der Waals surface area contributed by atoms with Crippen LogP contribution in [0.2, 0.25) is 18.6 Å². The van der Waals surface area contributed by atoms with Gasteiger partial charge in [0.05, 0.1) is 19.1 Å². The van der Waals surface area contributed by atoms with E-state index in [4.69, 9.17) is 4.98 Å². The van der Waals surface area contributed by atoms with Gasteiger partial charge in [-0.15, -0.1) is 0 Å². The zero-order valence-electron chi connectivity index (χ0n) is 12.6.